The minimum Gasteiger partial charge on any atom is -0.338 e. The summed E-state index contributed by atoms with van der Waals surface area (Å²) in [6.07, 6.45) is 4.03. The molecule has 0 unspecified atom stereocenters. The van der Waals surface area contributed by atoms with Crippen molar-refractivity contribution in [2.75, 3.05) is 51.1 Å². The lowest BCUT2D eigenvalue weighted by atomic mass is 10.1. The van der Waals surface area contributed by atoms with E-state index in [0.717, 1.165) is 36.8 Å². The number of hydrogen-bond donors (Lipinski definition) is 1. The van der Waals surface area contributed by atoms with Crippen LogP contribution in [0.25, 0.3) is 11.3 Å². The van der Waals surface area contributed by atoms with Crippen molar-refractivity contribution in [3.8, 4) is 11.3 Å². The van der Waals surface area contributed by atoms with Crippen molar-refractivity contribution in [1.82, 2.24) is 18.7 Å². The average Bonchev–Trinajstić information content (AvgIpc) is 3.05. The van der Waals surface area contributed by atoms with Gasteiger partial charge in [-0.05, 0) is 19.8 Å². The van der Waals surface area contributed by atoms with E-state index in [1.165, 1.54) is 0 Å². The summed E-state index contributed by atoms with van der Waals surface area (Å²) in [7, 11) is -3.42. The number of rotatable bonds is 6. The van der Waals surface area contributed by atoms with Crippen LogP contribution in [0.15, 0.2) is 34.9 Å². The monoisotopic (exact) mass is 461 g/mol. The van der Waals surface area contributed by atoms with Crippen LogP contribution in [0, 0.1) is 6.92 Å². The van der Waals surface area contributed by atoms with Crippen LogP contribution < -0.4 is 5.32 Å². The van der Waals surface area contributed by atoms with Crippen molar-refractivity contribution in [2.45, 2.75) is 32.6 Å². The molecular formula is C22H31N5O4S. The molecule has 4 rings (SSSR count). The largest absolute Gasteiger partial charge is 0.338 e. The molecule has 0 saturated carbocycles. The second-order valence-corrected chi connectivity index (χ2v) is 10.4. The molecule has 0 spiro atoms. The number of amides is 1. The Labute approximate surface area is 189 Å². The van der Waals surface area contributed by atoms with Crippen molar-refractivity contribution >= 4 is 22.0 Å². The Hall–Kier alpha value is -2.27. The van der Waals surface area contributed by atoms with Crippen LogP contribution in [0.1, 0.15) is 31.2 Å². The molecule has 1 N–H and O–H groups in total. The first-order valence-electron chi connectivity index (χ1n) is 11.2. The van der Waals surface area contributed by atoms with Gasteiger partial charge in [0.2, 0.25) is 11.8 Å². The summed E-state index contributed by atoms with van der Waals surface area (Å²) in [6, 6.07) is 9.61. The van der Waals surface area contributed by atoms with E-state index in [-0.39, 0.29) is 12.5 Å². The summed E-state index contributed by atoms with van der Waals surface area (Å²) in [4.78, 5) is 14.4. The number of carbonyl (C=O) groups is 1. The van der Waals surface area contributed by atoms with Crippen LogP contribution in [0.5, 0.6) is 0 Å². The Morgan fingerprint density at radius 3 is 2.25 bits per heavy atom. The minimum absolute atomic E-state index is 0.179. The first-order chi connectivity index (χ1) is 15.4. The zero-order chi connectivity index (χ0) is 22.6. The van der Waals surface area contributed by atoms with E-state index in [9.17, 15) is 13.2 Å². The summed E-state index contributed by atoms with van der Waals surface area (Å²) >= 11 is 0. The number of benzene rings is 1. The quantitative estimate of drug-likeness (QED) is 0.709. The molecule has 0 atom stereocenters. The van der Waals surface area contributed by atoms with Gasteiger partial charge in [0.1, 0.15) is 5.69 Å². The van der Waals surface area contributed by atoms with Crippen molar-refractivity contribution in [3.63, 3.8) is 0 Å². The van der Waals surface area contributed by atoms with Gasteiger partial charge >= 0.3 is 0 Å². The van der Waals surface area contributed by atoms with Crippen LogP contribution in [0.4, 0.5) is 5.88 Å². The normalized spacial score (nSPS) is 19.5. The molecule has 3 heterocycles. The number of carbonyl (C=O) groups excluding carboxylic acids is 1. The third-order valence-corrected chi connectivity index (χ3v) is 8.07. The zero-order valence-electron chi connectivity index (χ0n) is 18.5. The fourth-order valence-electron chi connectivity index (χ4n) is 4.13. The number of nitrogens with zero attached hydrogens (tertiary/aromatic N) is 4. The van der Waals surface area contributed by atoms with Gasteiger partial charge in [0, 0.05) is 50.9 Å². The molecule has 0 bridgehead atoms. The van der Waals surface area contributed by atoms with Gasteiger partial charge in [0.15, 0.2) is 0 Å². The topological polar surface area (TPSA) is 99.0 Å². The number of aromatic nitrogens is 1. The number of anilines is 1. The highest BCUT2D eigenvalue weighted by Gasteiger charge is 2.32. The third-order valence-electron chi connectivity index (χ3n) is 6.04. The Morgan fingerprint density at radius 1 is 0.969 bits per heavy atom. The van der Waals surface area contributed by atoms with Crippen LogP contribution in [-0.4, -0.2) is 78.8 Å². The molecule has 2 aromatic rings. The Kier molecular flexibility index (Phi) is 7.24. The summed E-state index contributed by atoms with van der Waals surface area (Å²) in [5.74, 6) is 0.0911. The molecule has 0 radical (unpaired) electrons. The summed E-state index contributed by atoms with van der Waals surface area (Å²) in [5, 5.41) is 6.76. The molecule has 1 amide bonds. The molecule has 1 aromatic carbocycles. The fraction of sp³-hybridized carbons (Fsp3) is 0.545. The SMILES string of the molecule is Cc1ccc(-c2cc(NC(=O)CN3CCN(S(=O)(=O)N4CCCCCC4)CC3)on2)cc1. The maximum absolute atomic E-state index is 12.9. The number of nitrogens with one attached hydrogen (secondary N) is 1. The van der Waals surface area contributed by atoms with E-state index in [2.05, 4.69) is 10.5 Å². The molecule has 32 heavy (non-hydrogen) atoms. The van der Waals surface area contributed by atoms with E-state index in [1.54, 1.807) is 14.7 Å². The lowest BCUT2D eigenvalue weighted by molar-refractivity contribution is -0.117. The molecule has 2 fully saturated rings. The molecular weight excluding hydrogens is 430 g/mol. The third kappa shape index (κ3) is 5.55. The zero-order valence-corrected chi connectivity index (χ0v) is 19.3. The number of aryl methyl sites for hydroxylation is 1. The predicted octanol–water partition coefficient (Wildman–Crippen LogP) is 2.33. The van der Waals surface area contributed by atoms with Crippen LogP contribution in [0.3, 0.4) is 0 Å². The van der Waals surface area contributed by atoms with Gasteiger partial charge in [0.25, 0.3) is 10.2 Å². The number of hydrogen-bond acceptors (Lipinski definition) is 6. The first-order valence-corrected chi connectivity index (χ1v) is 12.6. The van der Waals surface area contributed by atoms with Crippen molar-refractivity contribution in [2.24, 2.45) is 0 Å². The summed E-state index contributed by atoms with van der Waals surface area (Å²) in [5.41, 5.74) is 2.74. The van der Waals surface area contributed by atoms with Crippen LogP contribution in [-0.2, 0) is 15.0 Å². The van der Waals surface area contributed by atoms with E-state index in [1.807, 2.05) is 36.1 Å². The molecule has 2 aliphatic heterocycles. The maximum atomic E-state index is 12.9. The summed E-state index contributed by atoms with van der Waals surface area (Å²) < 4.78 is 34.3. The smallest absolute Gasteiger partial charge is 0.282 e. The van der Waals surface area contributed by atoms with Crippen molar-refractivity contribution in [1.29, 1.82) is 0 Å². The van der Waals surface area contributed by atoms with E-state index in [0.29, 0.717) is 50.8 Å². The first kappa shape index (κ1) is 22.9. The van der Waals surface area contributed by atoms with Gasteiger partial charge in [-0.25, -0.2) is 0 Å². The van der Waals surface area contributed by atoms with E-state index < -0.39 is 10.2 Å². The second kappa shape index (κ2) is 10.1. The summed E-state index contributed by atoms with van der Waals surface area (Å²) in [6.45, 7) is 5.23. The molecule has 10 heteroatoms. The Balaban J connectivity index is 1.26. The molecule has 1 aromatic heterocycles. The maximum Gasteiger partial charge on any atom is 0.282 e. The highest BCUT2D eigenvalue weighted by atomic mass is 32.2. The van der Waals surface area contributed by atoms with Gasteiger partial charge in [0.05, 0.1) is 6.54 Å². The average molecular weight is 462 g/mol. The highest BCUT2D eigenvalue weighted by Crippen LogP contribution is 2.22. The lowest BCUT2D eigenvalue weighted by Gasteiger charge is -2.36. The molecule has 174 valence electrons. The molecule has 2 saturated heterocycles. The molecule has 9 nitrogen and oxygen atoms in total. The standard InChI is InChI=1S/C22H31N5O4S/c1-18-6-8-19(9-7-18)20-16-22(31-24-20)23-21(28)17-25-12-14-27(15-13-25)32(29,30)26-10-4-2-3-5-11-26/h6-9,16H,2-5,10-15,17H2,1H3,(H,23,28). The van der Waals surface area contributed by atoms with E-state index in [4.69, 9.17) is 4.52 Å². The van der Waals surface area contributed by atoms with Crippen molar-refractivity contribution < 1.29 is 17.7 Å². The number of piperazine rings is 1. The second-order valence-electron chi connectivity index (χ2n) is 8.49. The minimum atomic E-state index is -3.42. The Morgan fingerprint density at radius 2 is 1.59 bits per heavy atom. The van der Waals surface area contributed by atoms with Crippen molar-refractivity contribution in [3.05, 3.63) is 35.9 Å². The highest BCUT2D eigenvalue weighted by molar-refractivity contribution is 7.86. The van der Waals surface area contributed by atoms with Gasteiger partial charge in [-0.1, -0.05) is 47.8 Å². The van der Waals surface area contributed by atoms with Crippen LogP contribution >= 0.6 is 0 Å². The lowest BCUT2D eigenvalue weighted by Crippen LogP contribution is -2.54. The predicted molar refractivity (Wildman–Crippen MR) is 122 cm³/mol. The van der Waals surface area contributed by atoms with Gasteiger partial charge < -0.3 is 4.52 Å². The molecule has 2 aliphatic rings. The fourth-order valence-corrected chi connectivity index (χ4v) is 5.80. The van der Waals surface area contributed by atoms with E-state index >= 15 is 0 Å². The Bertz CT molecular complexity index is 1010. The molecule has 0 aliphatic carbocycles. The van der Waals surface area contributed by atoms with Crippen LogP contribution in [0.2, 0.25) is 0 Å². The van der Waals surface area contributed by atoms with Gasteiger partial charge in [-0.15, -0.1) is 0 Å². The van der Waals surface area contributed by atoms with Gasteiger partial charge in [-0.2, -0.15) is 17.0 Å². The van der Waals surface area contributed by atoms with Gasteiger partial charge in [-0.3, -0.25) is 15.0 Å².